The maximum absolute atomic E-state index is 6.07. The van der Waals surface area contributed by atoms with Crippen molar-refractivity contribution in [3.05, 3.63) is 0 Å². The Morgan fingerprint density at radius 1 is 1.35 bits per heavy atom. The first-order valence-electron chi connectivity index (χ1n) is 7.10. The first kappa shape index (κ1) is 13.3. The molecule has 17 heavy (non-hydrogen) atoms. The molecular weight excluding hydrogens is 212 g/mol. The predicted octanol–water partition coefficient (Wildman–Crippen LogP) is 1.86. The van der Waals surface area contributed by atoms with Crippen LogP contribution in [0.2, 0.25) is 0 Å². The molecule has 0 bridgehead atoms. The van der Waals surface area contributed by atoms with Crippen LogP contribution in [0.4, 0.5) is 0 Å². The van der Waals surface area contributed by atoms with Crippen LogP contribution in [0.25, 0.3) is 0 Å². The lowest BCUT2D eigenvalue weighted by molar-refractivity contribution is -0.0350. The molecule has 0 amide bonds. The number of hydrogen-bond acceptors (Lipinski definition) is 3. The standard InChI is InChI=1S/C14H28N2O/c1-11-9-16(7-5-12(11)8-15)10-13-4-6-14(2,3)17-13/h11-13H,4-10,15H2,1-3H3. The summed E-state index contributed by atoms with van der Waals surface area (Å²) in [6, 6.07) is 0. The van der Waals surface area contributed by atoms with Crippen molar-refractivity contribution in [3.8, 4) is 0 Å². The van der Waals surface area contributed by atoms with Crippen molar-refractivity contribution in [3.63, 3.8) is 0 Å². The van der Waals surface area contributed by atoms with Gasteiger partial charge >= 0.3 is 0 Å². The highest BCUT2D eigenvalue weighted by atomic mass is 16.5. The van der Waals surface area contributed by atoms with Crippen molar-refractivity contribution >= 4 is 0 Å². The van der Waals surface area contributed by atoms with Crippen LogP contribution in [0.3, 0.4) is 0 Å². The molecule has 3 unspecified atom stereocenters. The zero-order valence-corrected chi connectivity index (χ0v) is 11.6. The Kier molecular flexibility index (Phi) is 4.11. The summed E-state index contributed by atoms with van der Waals surface area (Å²) >= 11 is 0. The third kappa shape index (κ3) is 3.43. The summed E-state index contributed by atoms with van der Waals surface area (Å²) in [5.74, 6) is 1.47. The van der Waals surface area contributed by atoms with Gasteiger partial charge in [0.15, 0.2) is 0 Å². The zero-order chi connectivity index (χ0) is 12.5. The highest BCUT2D eigenvalue weighted by Gasteiger charge is 2.34. The Balaban J connectivity index is 1.78. The number of hydrogen-bond donors (Lipinski definition) is 1. The van der Waals surface area contributed by atoms with Crippen molar-refractivity contribution in [2.45, 2.75) is 51.7 Å². The molecule has 2 N–H and O–H groups in total. The molecule has 2 rings (SSSR count). The minimum Gasteiger partial charge on any atom is -0.371 e. The van der Waals surface area contributed by atoms with Gasteiger partial charge in [-0.2, -0.15) is 0 Å². The van der Waals surface area contributed by atoms with Crippen molar-refractivity contribution < 1.29 is 4.74 Å². The van der Waals surface area contributed by atoms with Crippen molar-refractivity contribution in [1.82, 2.24) is 4.90 Å². The molecular formula is C14H28N2O. The summed E-state index contributed by atoms with van der Waals surface area (Å²) in [6.07, 6.45) is 4.13. The molecule has 100 valence electrons. The number of rotatable bonds is 3. The molecule has 2 heterocycles. The van der Waals surface area contributed by atoms with E-state index in [4.69, 9.17) is 10.5 Å². The van der Waals surface area contributed by atoms with Crippen molar-refractivity contribution in [2.24, 2.45) is 17.6 Å². The Bertz CT molecular complexity index is 255. The molecule has 0 saturated carbocycles. The summed E-state index contributed by atoms with van der Waals surface area (Å²) in [6.45, 7) is 11.1. The van der Waals surface area contributed by atoms with Gasteiger partial charge in [0.05, 0.1) is 11.7 Å². The quantitative estimate of drug-likeness (QED) is 0.818. The number of nitrogens with two attached hydrogens (primary N) is 1. The Labute approximate surface area is 106 Å². The highest BCUT2D eigenvalue weighted by molar-refractivity contribution is 4.85. The fourth-order valence-corrected chi connectivity index (χ4v) is 3.29. The number of likely N-dealkylation sites (tertiary alicyclic amines) is 1. The van der Waals surface area contributed by atoms with Crippen LogP contribution < -0.4 is 5.73 Å². The monoisotopic (exact) mass is 240 g/mol. The second-order valence-electron chi connectivity index (χ2n) is 6.56. The van der Waals surface area contributed by atoms with Gasteiger partial charge in [0.1, 0.15) is 0 Å². The van der Waals surface area contributed by atoms with Crippen LogP contribution in [-0.4, -0.2) is 42.8 Å². The van der Waals surface area contributed by atoms with E-state index in [1.165, 1.54) is 32.4 Å². The second kappa shape index (κ2) is 5.25. The van der Waals surface area contributed by atoms with Gasteiger partial charge in [-0.25, -0.2) is 0 Å². The first-order valence-corrected chi connectivity index (χ1v) is 7.10. The molecule has 3 atom stereocenters. The van der Waals surface area contributed by atoms with E-state index in [2.05, 4.69) is 25.7 Å². The number of ether oxygens (including phenoxy) is 1. The average molecular weight is 240 g/mol. The topological polar surface area (TPSA) is 38.5 Å². The molecule has 0 aliphatic carbocycles. The average Bonchev–Trinajstić information content (AvgIpc) is 2.58. The van der Waals surface area contributed by atoms with E-state index in [1.54, 1.807) is 0 Å². The minimum absolute atomic E-state index is 0.103. The third-order valence-corrected chi connectivity index (χ3v) is 4.49. The van der Waals surface area contributed by atoms with Gasteiger partial charge in [0, 0.05) is 13.1 Å². The van der Waals surface area contributed by atoms with Gasteiger partial charge in [-0.3, -0.25) is 0 Å². The normalized spacial score (nSPS) is 38.5. The van der Waals surface area contributed by atoms with E-state index >= 15 is 0 Å². The summed E-state index contributed by atoms with van der Waals surface area (Å²) in [7, 11) is 0. The summed E-state index contributed by atoms with van der Waals surface area (Å²) in [5.41, 5.74) is 5.90. The summed E-state index contributed by atoms with van der Waals surface area (Å²) < 4.78 is 6.07. The van der Waals surface area contributed by atoms with E-state index in [-0.39, 0.29) is 5.60 Å². The maximum atomic E-state index is 6.07. The van der Waals surface area contributed by atoms with E-state index in [1.807, 2.05) is 0 Å². The van der Waals surface area contributed by atoms with Gasteiger partial charge in [-0.15, -0.1) is 0 Å². The number of piperidine rings is 1. The molecule has 2 aliphatic heterocycles. The van der Waals surface area contributed by atoms with Crippen molar-refractivity contribution in [2.75, 3.05) is 26.2 Å². The van der Waals surface area contributed by atoms with E-state index < -0.39 is 0 Å². The lowest BCUT2D eigenvalue weighted by Crippen LogP contribution is -2.44. The molecule has 0 aromatic carbocycles. The lowest BCUT2D eigenvalue weighted by Gasteiger charge is -2.37. The summed E-state index contributed by atoms with van der Waals surface area (Å²) in [4.78, 5) is 2.57. The molecule has 2 saturated heterocycles. The Hall–Kier alpha value is -0.120. The lowest BCUT2D eigenvalue weighted by atomic mass is 9.87. The molecule has 3 nitrogen and oxygen atoms in total. The van der Waals surface area contributed by atoms with E-state index in [9.17, 15) is 0 Å². The fraction of sp³-hybridized carbons (Fsp3) is 1.00. The minimum atomic E-state index is 0.103. The van der Waals surface area contributed by atoms with Crippen LogP contribution >= 0.6 is 0 Å². The largest absolute Gasteiger partial charge is 0.371 e. The third-order valence-electron chi connectivity index (χ3n) is 4.49. The maximum Gasteiger partial charge on any atom is 0.0710 e. The van der Waals surface area contributed by atoms with Crippen LogP contribution in [0, 0.1) is 11.8 Å². The van der Waals surface area contributed by atoms with Gasteiger partial charge in [-0.05, 0) is 58.0 Å². The van der Waals surface area contributed by atoms with Gasteiger partial charge in [-0.1, -0.05) is 6.92 Å². The molecule has 0 aromatic heterocycles. The first-order chi connectivity index (χ1) is 8.00. The molecule has 0 radical (unpaired) electrons. The zero-order valence-electron chi connectivity index (χ0n) is 11.6. The Morgan fingerprint density at radius 2 is 2.12 bits per heavy atom. The van der Waals surface area contributed by atoms with E-state index in [0.29, 0.717) is 6.10 Å². The van der Waals surface area contributed by atoms with Gasteiger partial charge < -0.3 is 15.4 Å². The molecule has 2 fully saturated rings. The molecule has 2 aliphatic rings. The predicted molar refractivity (Wildman–Crippen MR) is 71.0 cm³/mol. The SMILES string of the molecule is CC1CN(CC2CCC(C)(C)O2)CCC1CN. The van der Waals surface area contributed by atoms with Crippen molar-refractivity contribution in [1.29, 1.82) is 0 Å². The molecule has 0 spiro atoms. The van der Waals surface area contributed by atoms with Crippen LogP contribution in [0.5, 0.6) is 0 Å². The molecule has 0 aromatic rings. The van der Waals surface area contributed by atoms with Crippen LogP contribution in [-0.2, 0) is 4.74 Å². The van der Waals surface area contributed by atoms with Crippen LogP contribution in [0.15, 0.2) is 0 Å². The van der Waals surface area contributed by atoms with Gasteiger partial charge in [0.2, 0.25) is 0 Å². The van der Waals surface area contributed by atoms with E-state index in [0.717, 1.165) is 24.9 Å². The Morgan fingerprint density at radius 3 is 2.65 bits per heavy atom. The fourth-order valence-electron chi connectivity index (χ4n) is 3.29. The highest BCUT2D eigenvalue weighted by Crippen LogP contribution is 2.31. The smallest absolute Gasteiger partial charge is 0.0710 e. The van der Waals surface area contributed by atoms with Gasteiger partial charge in [0.25, 0.3) is 0 Å². The second-order valence-corrected chi connectivity index (χ2v) is 6.56. The summed E-state index contributed by atoms with van der Waals surface area (Å²) in [5, 5.41) is 0. The molecule has 3 heteroatoms. The number of nitrogens with zero attached hydrogens (tertiary/aromatic N) is 1. The van der Waals surface area contributed by atoms with Crippen LogP contribution in [0.1, 0.15) is 40.0 Å².